The third-order valence-electron chi connectivity index (χ3n) is 3.87. The Morgan fingerprint density at radius 3 is 2.45 bits per heavy atom. The highest BCUT2D eigenvalue weighted by Crippen LogP contribution is 2.26. The van der Waals surface area contributed by atoms with Crippen molar-refractivity contribution in [3.8, 4) is 0 Å². The van der Waals surface area contributed by atoms with E-state index in [2.05, 4.69) is 37.9 Å². The molecule has 0 aliphatic carbocycles. The molecule has 0 spiro atoms. The van der Waals surface area contributed by atoms with Crippen LogP contribution in [0.1, 0.15) is 40.5 Å². The van der Waals surface area contributed by atoms with Crippen molar-refractivity contribution in [2.45, 2.75) is 40.5 Å². The molecule has 20 heavy (non-hydrogen) atoms. The molecule has 1 heterocycles. The van der Waals surface area contributed by atoms with Crippen molar-refractivity contribution < 1.29 is 4.79 Å². The van der Waals surface area contributed by atoms with E-state index in [0.29, 0.717) is 17.8 Å². The van der Waals surface area contributed by atoms with Crippen molar-refractivity contribution in [1.29, 1.82) is 0 Å². The molecule has 0 aromatic carbocycles. The monoisotopic (exact) mass is 283 g/mol. The minimum atomic E-state index is 0.289. The summed E-state index contributed by atoms with van der Waals surface area (Å²) in [5.74, 6) is 0.751. The zero-order chi connectivity index (χ0) is 15.2. The van der Waals surface area contributed by atoms with Gasteiger partial charge in [0.15, 0.2) is 0 Å². The Balaban J connectivity index is 2.24. The van der Waals surface area contributed by atoms with Gasteiger partial charge in [-0.2, -0.15) is 0 Å². The molecule has 1 atom stereocenters. The molecule has 1 fully saturated rings. The highest BCUT2D eigenvalue weighted by Gasteiger charge is 2.20. The summed E-state index contributed by atoms with van der Waals surface area (Å²) in [5, 5.41) is 3.35. The van der Waals surface area contributed by atoms with Gasteiger partial charge in [0.05, 0.1) is 0 Å². The van der Waals surface area contributed by atoms with E-state index in [9.17, 15) is 4.79 Å². The van der Waals surface area contributed by atoms with Gasteiger partial charge in [-0.1, -0.05) is 27.7 Å². The molecular formula is C16H33N3O. The molecule has 0 bridgehead atoms. The lowest BCUT2D eigenvalue weighted by Gasteiger charge is -2.30. The summed E-state index contributed by atoms with van der Waals surface area (Å²) in [7, 11) is 1.94. The Kier molecular flexibility index (Phi) is 6.96. The van der Waals surface area contributed by atoms with Crippen LogP contribution < -0.4 is 5.32 Å². The second-order valence-corrected chi connectivity index (χ2v) is 7.48. The van der Waals surface area contributed by atoms with Crippen LogP contribution in [0.5, 0.6) is 0 Å². The molecule has 118 valence electrons. The maximum atomic E-state index is 12.2. The molecular weight excluding hydrogens is 250 g/mol. The van der Waals surface area contributed by atoms with Crippen molar-refractivity contribution in [2.24, 2.45) is 11.3 Å². The third kappa shape index (κ3) is 7.25. The zero-order valence-electron chi connectivity index (χ0n) is 14.0. The number of carbonyl (C=O) groups is 1. The summed E-state index contributed by atoms with van der Waals surface area (Å²) >= 11 is 0. The van der Waals surface area contributed by atoms with E-state index >= 15 is 0 Å². The fourth-order valence-corrected chi connectivity index (χ4v) is 2.92. The van der Waals surface area contributed by atoms with Crippen LogP contribution in [0.25, 0.3) is 0 Å². The Labute approximate surface area is 124 Å². The SMILES string of the molecule is CC(CC(=O)N(C)CCN1CCNCC1)CC(C)(C)C. The number of nitrogens with one attached hydrogen (secondary N) is 1. The Morgan fingerprint density at radius 2 is 1.90 bits per heavy atom. The maximum absolute atomic E-state index is 12.2. The Bertz CT molecular complexity index is 293. The van der Waals surface area contributed by atoms with Crippen LogP contribution in [0.3, 0.4) is 0 Å². The number of hydrogen-bond donors (Lipinski definition) is 1. The zero-order valence-corrected chi connectivity index (χ0v) is 14.0. The first-order chi connectivity index (χ1) is 9.28. The summed E-state index contributed by atoms with van der Waals surface area (Å²) in [5.41, 5.74) is 0.305. The van der Waals surface area contributed by atoms with Gasteiger partial charge in [0.1, 0.15) is 0 Å². The topological polar surface area (TPSA) is 35.6 Å². The van der Waals surface area contributed by atoms with Crippen LogP contribution in [0.15, 0.2) is 0 Å². The van der Waals surface area contributed by atoms with Crippen LogP contribution in [-0.4, -0.2) is 62.0 Å². The lowest BCUT2D eigenvalue weighted by Crippen LogP contribution is -2.46. The molecule has 1 N–H and O–H groups in total. The molecule has 4 nitrogen and oxygen atoms in total. The number of rotatable bonds is 6. The molecule has 1 amide bonds. The summed E-state index contributed by atoms with van der Waals surface area (Å²) in [6.07, 6.45) is 1.78. The molecule has 0 saturated carbocycles. The second-order valence-electron chi connectivity index (χ2n) is 7.48. The Morgan fingerprint density at radius 1 is 1.30 bits per heavy atom. The van der Waals surface area contributed by atoms with E-state index in [1.165, 1.54) is 0 Å². The van der Waals surface area contributed by atoms with E-state index in [4.69, 9.17) is 0 Å². The molecule has 1 rings (SSSR count). The van der Waals surface area contributed by atoms with Crippen LogP contribution in [-0.2, 0) is 4.79 Å². The predicted octanol–water partition coefficient (Wildman–Crippen LogP) is 1.81. The molecule has 0 aromatic rings. The molecule has 1 unspecified atom stereocenters. The van der Waals surface area contributed by atoms with Crippen LogP contribution in [0.2, 0.25) is 0 Å². The van der Waals surface area contributed by atoms with Gasteiger partial charge in [0, 0.05) is 52.7 Å². The highest BCUT2D eigenvalue weighted by molar-refractivity contribution is 5.76. The van der Waals surface area contributed by atoms with Gasteiger partial charge in [0.25, 0.3) is 0 Å². The number of likely N-dealkylation sites (N-methyl/N-ethyl adjacent to an activating group) is 1. The summed E-state index contributed by atoms with van der Waals surface area (Å²) in [6.45, 7) is 15.1. The molecule has 1 saturated heterocycles. The third-order valence-corrected chi connectivity index (χ3v) is 3.87. The van der Waals surface area contributed by atoms with Crippen molar-refractivity contribution in [3.63, 3.8) is 0 Å². The van der Waals surface area contributed by atoms with Crippen molar-refractivity contribution in [1.82, 2.24) is 15.1 Å². The number of piperazine rings is 1. The smallest absolute Gasteiger partial charge is 0.222 e. The van der Waals surface area contributed by atoms with Crippen molar-refractivity contribution >= 4 is 5.91 Å². The van der Waals surface area contributed by atoms with Crippen LogP contribution >= 0.6 is 0 Å². The van der Waals surface area contributed by atoms with Crippen molar-refractivity contribution in [2.75, 3.05) is 46.3 Å². The van der Waals surface area contributed by atoms with Gasteiger partial charge in [-0.15, -0.1) is 0 Å². The average Bonchev–Trinajstić information content (AvgIpc) is 2.34. The lowest BCUT2D eigenvalue weighted by atomic mass is 9.84. The summed E-state index contributed by atoms with van der Waals surface area (Å²) in [6, 6.07) is 0. The summed E-state index contributed by atoms with van der Waals surface area (Å²) in [4.78, 5) is 16.5. The van der Waals surface area contributed by atoms with E-state index in [1.54, 1.807) is 0 Å². The van der Waals surface area contributed by atoms with Gasteiger partial charge >= 0.3 is 0 Å². The fraction of sp³-hybridized carbons (Fsp3) is 0.938. The number of hydrogen-bond acceptors (Lipinski definition) is 3. The quantitative estimate of drug-likeness (QED) is 0.807. The van der Waals surface area contributed by atoms with Crippen molar-refractivity contribution in [3.05, 3.63) is 0 Å². The normalized spacial score (nSPS) is 18.9. The molecule has 4 heteroatoms. The average molecular weight is 283 g/mol. The van der Waals surface area contributed by atoms with Gasteiger partial charge < -0.3 is 10.2 Å². The van der Waals surface area contributed by atoms with Gasteiger partial charge in [-0.3, -0.25) is 9.69 Å². The highest BCUT2D eigenvalue weighted by atomic mass is 16.2. The standard InChI is InChI=1S/C16H33N3O/c1-14(13-16(2,3)4)12-15(20)18(5)10-11-19-8-6-17-7-9-19/h14,17H,6-13H2,1-5H3. The first-order valence-corrected chi connectivity index (χ1v) is 7.95. The molecule has 1 aliphatic heterocycles. The summed E-state index contributed by atoms with van der Waals surface area (Å²) < 4.78 is 0. The molecule has 0 aromatic heterocycles. The van der Waals surface area contributed by atoms with Crippen LogP contribution in [0.4, 0.5) is 0 Å². The second kappa shape index (κ2) is 7.99. The number of nitrogens with zero attached hydrogens (tertiary/aromatic N) is 2. The number of carbonyl (C=O) groups excluding carboxylic acids is 1. The predicted molar refractivity (Wildman–Crippen MR) is 84.8 cm³/mol. The van der Waals surface area contributed by atoms with E-state index in [0.717, 1.165) is 45.7 Å². The van der Waals surface area contributed by atoms with Gasteiger partial charge in [-0.05, 0) is 17.8 Å². The molecule has 1 aliphatic rings. The number of amides is 1. The van der Waals surface area contributed by atoms with Gasteiger partial charge in [0.2, 0.25) is 5.91 Å². The first kappa shape index (κ1) is 17.4. The van der Waals surface area contributed by atoms with E-state index in [1.807, 2.05) is 11.9 Å². The Hall–Kier alpha value is -0.610. The minimum absolute atomic E-state index is 0.289. The minimum Gasteiger partial charge on any atom is -0.344 e. The van der Waals surface area contributed by atoms with Crippen LogP contribution in [0, 0.1) is 11.3 Å². The molecule has 0 radical (unpaired) electrons. The fourth-order valence-electron chi connectivity index (χ4n) is 2.92. The van der Waals surface area contributed by atoms with E-state index < -0.39 is 0 Å². The van der Waals surface area contributed by atoms with Gasteiger partial charge in [-0.25, -0.2) is 0 Å². The lowest BCUT2D eigenvalue weighted by molar-refractivity contribution is -0.131. The van der Waals surface area contributed by atoms with E-state index in [-0.39, 0.29) is 5.91 Å². The maximum Gasteiger partial charge on any atom is 0.222 e. The largest absolute Gasteiger partial charge is 0.344 e. The first-order valence-electron chi connectivity index (χ1n) is 7.95.